The van der Waals surface area contributed by atoms with Crippen molar-refractivity contribution in [1.82, 2.24) is 15.5 Å². The van der Waals surface area contributed by atoms with Crippen LogP contribution in [0.25, 0.3) is 0 Å². The fourth-order valence-electron chi connectivity index (χ4n) is 2.37. The van der Waals surface area contributed by atoms with Gasteiger partial charge in [-0.25, -0.2) is 0 Å². The molecule has 0 bridgehead atoms. The van der Waals surface area contributed by atoms with Gasteiger partial charge in [0.15, 0.2) is 5.82 Å². The van der Waals surface area contributed by atoms with E-state index in [4.69, 9.17) is 9.26 Å². The first kappa shape index (κ1) is 19.6. The van der Waals surface area contributed by atoms with Gasteiger partial charge < -0.3 is 14.6 Å². The van der Waals surface area contributed by atoms with Crippen LogP contribution in [0, 0.1) is 6.92 Å². The number of amides is 1. The lowest BCUT2D eigenvalue weighted by Crippen LogP contribution is -2.22. The van der Waals surface area contributed by atoms with E-state index in [0.717, 1.165) is 5.56 Å². The SMILES string of the molecule is Cc1nc(CSCC(=O)Oc2cccc(C(=O)NCc3ccccc3)c2)no1. The van der Waals surface area contributed by atoms with Gasteiger partial charge in [-0.15, -0.1) is 11.8 Å². The molecule has 1 aromatic heterocycles. The van der Waals surface area contributed by atoms with E-state index in [1.165, 1.54) is 11.8 Å². The van der Waals surface area contributed by atoms with Gasteiger partial charge in [-0.1, -0.05) is 41.6 Å². The summed E-state index contributed by atoms with van der Waals surface area (Å²) >= 11 is 1.32. The first-order chi connectivity index (χ1) is 13.6. The molecule has 0 saturated heterocycles. The zero-order valence-electron chi connectivity index (χ0n) is 15.3. The number of esters is 1. The van der Waals surface area contributed by atoms with Crippen molar-refractivity contribution in [2.45, 2.75) is 19.2 Å². The Morgan fingerprint density at radius 1 is 1.14 bits per heavy atom. The van der Waals surface area contributed by atoms with Crippen molar-refractivity contribution in [3.05, 3.63) is 77.4 Å². The Morgan fingerprint density at radius 3 is 2.71 bits per heavy atom. The fraction of sp³-hybridized carbons (Fsp3) is 0.200. The van der Waals surface area contributed by atoms with Crippen LogP contribution < -0.4 is 10.1 Å². The summed E-state index contributed by atoms with van der Waals surface area (Å²) in [5.41, 5.74) is 1.43. The van der Waals surface area contributed by atoms with Gasteiger partial charge in [0.2, 0.25) is 5.89 Å². The molecule has 1 amide bonds. The number of thioether (sulfide) groups is 1. The average molecular weight is 397 g/mol. The quantitative estimate of drug-likeness (QED) is 0.461. The molecule has 0 fully saturated rings. The molecule has 28 heavy (non-hydrogen) atoms. The minimum absolute atomic E-state index is 0.137. The monoisotopic (exact) mass is 397 g/mol. The minimum atomic E-state index is -0.410. The molecule has 3 rings (SSSR count). The summed E-state index contributed by atoms with van der Waals surface area (Å²) in [5, 5.41) is 6.61. The average Bonchev–Trinajstić information content (AvgIpc) is 3.12. The van der Waals surface area contributed by atoms with Crippen molar-refractivity contribution in [2.75, 3.05) is 5.75 Å². The van der Waals surface area contributed by atoms with Crippen LogP contribution in [0.2, 0.25) is 0 Å². The number of aromatic nitrogens is 2. The van der Waals surface area contributed by atoms with E-state index in [1.54, 1.807) is 31.2 Å². The molecule has 1 heterocycles. The maximum atomic E-state index is 12.3. The number of carbonyl (C=O) groups is 2. The second-order valence-electron chi connectivity index (χ2n) is 5.89. The van der Waals surface area contributed by atoms with Crippen LogP contribution in [0.15, 0.2) is 59.1 Å². The molecule has 0 unspecified atom stereocenters. The molecule has 0 spiro atoms. The number of nitrogens with zero attached hydrogens (tertiary/aromatic N) is 2. The number of nitrogens with one attached hydrogen (secondary N) is 1. The van der Waals surface area contributed by atoms with E-state index in [-0.39, 0.29) is 11.7 Å². The predicted molar refractivity (Wildman–Crippen MR) is 105 cm³/mol. The summed E-state index contributed by atoms with van der Waals surface area (Å²) in [6.07, 6.45) is 0. The zero-order valence-corrected chi connectivity index (χ0v) is 16.1. The molecule has 8 heteroatoms. The number of ether oxygens (including phenoxy) is 1. The highest BCUT2D eigenvalue weighted by Crippen LogP contribution is 2.16. The largest absolute Gasteiger partial charge is 0.426 e. The highest BCUT2D eigenvalue weighted by Gasteiger charge is 2.11. The van der Waals surface area contributed by atoms with E-state index >= 15 is 0 Å². The van der Waals surface area contributed by atoms with Crippen LogP contribution in [-0.4, -0.2) is 27.8 Å². The first-order valence-electron chi connectivity index (χ1n) is 8.60. The van der Waals surface area contributed by atoms with E-state index in [0.29, 0.717) is 35.3 Å². The zero-order chi connectivity index (χ0) is 19.8. The van der Waals surface area contributed by atoms with Crippen LogP contribution in [0.1, 0.15) is 27.6 Å². The summed E-state index contributed by atoms with van der Waals surface area (Å²) in [6, 6.07) is 16.2. The summed E-state index contributed by atoms with van der Waals surface area (Å²) < 4.78 is 10.2. The van der Waals surface area contributed by atoms with E-state index in [2.05, 4.69) is 15.5 Å². The number of hydrogen-bond acceptors (Lipinski definition) is 7. The molecule has 0 aliphatic heterocycles. The molecule has 2 aromatic carbocycles. The molecule has 7 nitrogen and oxygen atoms in total. The Morgan fingerprint density at radius 2 is 1.96 bits per heavy atom. The molecule has 0 saturated carbocycles. The van der Waals surface area contributed by atoms with Gasteiger partial charge in [0.25, 0.3) is 5.91 Å². The van der Waals surface area contributed by atoms with Crippen molar-refractivity contribution in [1.29, 1.82) is 0 Å². The van der Waals surface area contributed by atoms with Gasteiger partial charge >= 0.3 is 5.97 Å². The normalized spacial score (nSPS) is 10.5. The number of benzene rings is 2. The highest BCUT2D eigenvalue weighted by molar-refractivity contribution is 7.99. The van der Waals surface area contributed by atoms with Crippen LogP contribution in [0.3, 0.4) is 0 Å². The van der Waals surface area contributed by atoms with Crippen LogP contribution in [0.4, 0.5) is 0 Å². The van der Waals surface area contributed by atoms with Crippen molar-refractivity contribution in [3.8, 4) is 5.75 Å². The molecular weight excluding hydrogens is 378 g/mol. The van der Waals surface area contributed by atoms with Crippen LogP contribution in [0.5, 0.6) is 5.75 Å². The molecule has 0 atom stereocenters. The fourth-order valence-corrected chi connectivity index (χ4v) is 3.00. The highest BCUT2D eigenvalue weighted by atomic mass is 32.2. The maximum Gasteiger partial charge on any atom is 0.321 e. The van der Waals surface area contributed by atoms with Crippen LogP contribution >= 0.6 is 11.8 Å². The molecule has 0 aliphatic rings. The Bertz CT molecular complexity index is 943. The van der Waals surface area contributed by atoms with Gasteiger partial charge in [0, 0.05) is 19.0 Å². The maximum absolute atomic E-state index is 12.3. The van der Waals surface area contributed by atoms with E-state index < -0.39 is 5.97 Å². The molecule has 3 aromatic rings. The second kappa shape index (κ2) is 9.70. The summed E-state index contributed by atoms with van der Waals surface area (Å²) in [7, 11) is 0. The van der Waals surface area contributed by atoms with Crippen molar-refractivity contribution < 1.29 is 18.8 Å². The first-order valence-corrected chi connectivity index (χ1v) is 9.75. The van der Waals surface area contributed by atoms with Crippen molar-refractivity contribution in [3.63, 3.8) is 0 Å². The van der Waals surface area contributed by atoms with Gasteiger partial charge in [-0.05, 0) is 23.8 Å². The third kappa shape index (κ3) is 5.95. The Balaban J connectivity index is 1.48. The molecule has 0 radical (unpaired) electrons. The lowest BCUT2D eigenvalue weighted by molar-refractivity contribution is -0.131. The Hall–Kier alpha value is -3.13. The van der Waals surface area contributed by atoms with E-state index in [1.807, 2.05) is 30.3 Å². The van der Waals surface area contributed by atoms with Crippen molar-refractivity contribution >= 4 is 23.6 Å². The summed E-state index contributed by atoms with van der Waals surface area (Å²) in [5.74, 6) is 1.30. The molecule has 0 aliphatic carbocycles. The van der Waals surface area contributed by atoms with E-state index in [9.17, 15) is 9.59 Å². The lowest BCUT2D eigenvalue weighted by atomic mass is 10.2. The second-order valence-corrected chi connectivity index (χ2v) is 6.88. The number of aryl methyl sites for hydroxylation is 1. The number of carbonyl (C=O) groups excluding carboxylic acids is 2. The Kier molecular flexibility index (Phi) is 6.80. The van der Waals surface area contributed by atoms with Gasteiger partial charge in [-0.3, -0.25) is 9.59 Å². The van der Waals surface area contributed by atoms with Gasteiger partial charge in [0.1, 0.15) is 5.75 Å². The summed E-state index contributed by atoms with van der Waals surface area (Å²) in [4.78, 5) is 28.4. The number of hydrogen-bond donors (Lipinski definition) is 1. The summed E-state index contributed by atoms with van der Waals surface area (Å²) in [6.45, 7) is 2.13. The standard InChI is InChI=1S/C20H19N3O4S/c1-14-22-18(23-27-14)12-28-13-19(24)26-17-9-5-8-16(10-17)20(25)21-11-15-6-3-2-4-7-15/h2-10H,11-13H2,1H3,(H,21,25). The molecule has 1 N–H and O–H groups in total. The van der Waals surface area contributed by atoms with Gasteiger partial charge in [0.05, 0.1) is 11.5 Å². The topological polar surface area (TPSA) is 94.3 Å². The Labute approximate surface area is 166 Å². The third-order valence-corrected chi connectivity index (χ3v) is 4.55. The molecular formula is C20H19N3O4S. The van der Waals surface area contributed by atoms with Gasteiger partial charge in [-0.2, -0.15) is 4.98 Å². The van der Waals surface area contributed by atoms with Crippen molar-refractivity contribution in [2.24, 2.45) is 0 Å². The third-order valence-electron chi connectivity index (χ3n) is 3.64. The smallest absolute Gasteiger partial charge is 0.321 e. The minimum Gasteiger partial charge on any atom is -0.426 e. The lowest BCUT2D eigenvalue weighted by Gasteiger charge is -2.08. The number of rotatable bonds is 8. The predicted octanol–water partition coefficient (Wildman–Crippen LogP) is 3.15. The van der Waals surface area contributed by atoms with Crippen LogP contribution in [-0.2, 0) is 17.1 Å². The molecule has 144 valence electrons.